The maximum absolute atomic E-state index is 13.1. The summed E-state index contributed by atoms with van der Waals surface area (Å²) in [4.78, 5) is 10.7. The normalized spacial score (nSPS) is 24.8. The number of halogens is 12. The van der Waals surface area contributed by atoms with Crippen molar-refractivity contribution >= 4 is 5.97 Å². The maximum Gasteiger partial charge on any atom is 0.431 e. The second kappa shape index (κ2) is 5.95. The van der Waals surface area contributed by atoms with Gasteiger partial charge in [-0.15, -0.1) is 4.94 Å². The van der Waals surface area contributed by atoms with Gasteiger partial charge in [0.05, 0.1) is 0 Å². The SMILES string of the molecule is C=C(C)C(=O)O.FOC(F)(F)C1(F)C(F)(F)C(F)(F)C(F)(F)C1(F)F. The third-order valence-electron chi connectivity index (χ3n) is 2.91. The van der Waals surface area contributed by atoms with Gasteiger partial charge < -0.3 is 5.11 Å². The lowest BCUT2D eigenvalue weighted by molar-refractivity contribution is -0.453. The zero-order valence-electron chi connectivity index (χ0n) is 11.5. The van der Waals surface area contributed by atoms with Gasteiger partial charge >= 0.3 is 41.4 Å². The Morgan fingerprint density at radius 3 is 1.28 bits per heavy atom. The highest BCUT2D eigenvalue weighted by atomic mass is 19.4. The molecule has 1 fully saturated rings. The first-order valence-electron chi connectivity index (χ1n) is 5.47. The summed E-state index contributed by atoms with van der Waals surface area (Å²) in [6, 6.07) is 0. The number of carbonyl (C=O) groups is 1. The average Bonchev–Trinajstić information content (AvgIpc) is 2.49. The second-order valence-electron chi connectivity index (χ2n) is 4.64. The molecule has 148 valence electrons. The van der Waals surface area contributed by atoms with E-state index < -0.39 is 41.4 Å². The van der Waals surface area contributed by atoms with Gasteiger partial charge in [0.15, 0.2) is 0 Å². The van der Waals surface area contributed by atoms with Crippen LogP contribution >= 0.6 is 0 Å². The summed E-state index contributed by atoms with van der Waals surface area (Å²) in [6.07, 6.45) is -6.95. The Kier molecular flexibility index (Phi) is 5.55. The van der Waals surface area contributed by atoms with Crippen LogP contribution in [0.15, 0.2) is 12.2 Å². The Hall–Kier alpha value is -1.67. The predicted molar refractivity (Wildman–Crippen MR) is 53.2 cm³/mol. The van der Waals surface area contributed by atoms with E-state index in [-0.39, 0.29) is 5.57 Å². The molecule has 1 aliphatic rings. The molecule has 0 aromatic carbocycles. The fourth-order valence-corrected chi connectivity index (χ4v) is 1.44. The highest BCUT2D eigenvalue weighted by Crippen LogP contribution is 2.72. The Balaban J connectivity index is 0.000000823. The van der Waals surface area contributed by atoms with Gasteiger partial charge in [-0.1, -0.05) is 6.58 Å². The number of aliphatic carboxylic acids is 1. The quantitative estimate of drug-likeness (QED) is 0.563. The lowest BCUT2D eigenvalue weighted by Gasteiger charge is -2.33. The van der Waals surface area contributed by atoms with E-state index in [0.717, 1.165) is 4.94 Å². The molecule has 0 spiro atoms. The number of alkyl halides is 11. The molecule has 0 aromatic rings. The monoisotopic (exact) mass is 402 g/mol. The average molecular weight is 402 g/mol. The zero-order valence-corrected chi connectivity index (χ0v) is 11.5. The van der Waals surface area contributed by atoms with E-state index in [4.69, 9.17) is 5.11 Å². The standard InChI is InChI=1S/C6F12O.C4H6O2/c7-1(6(16,17)19-18)2(8,9)4(12,13)5(14,15)3(1,10)11;1-3(2)4(5)6/h;1H2,2H3,(H,5,6). The van der Waals surface area contributed by atoms with Crippen molar-refractivity contribution in [2.75, 3.05) is 0 Å². The summed E-state index contributed by atoms with van der Waals surface area (Å²) >= 11 is 0. The summed E-state index contributed by atoms with van der Waals surface area (Å²) in [5.74, 6) is -30.0. The number of carboxylic acid groups (broad SMARTS) is 1. The van der Waals surface area contributed by atoms with Crippen molar-refractivity contribution in [3.05, 3.63) is 12.2 Å². The number of hydrogen-bond donors (Lipinski definition) is 1. The van der Waals surface area contributed by atoms with Crippen molar-refractivity contribution in [1.29, 1.82) is 0 Å². The van der Waals surface area contributed by atoms with Crippen molar-refractivity contribution in [3.63, 3.8) is 0 Å². The smallest absolute Gasteiger partial charge is 0.431 e. The molecule has 15 heteroatoms. The van der Waals surface area contributed by atoms with Crippen molar-refractivity contribution < 1.29 is 67.7 Å². The summed E-state index contributed by atoms with van der Waals surface area (Å²) in [5.41, 5.74) is -7.12. The van der Waals surface area contributed by atoms with Crippen LogP contribution in [-0.2, 0) is 9.74 Å². The highest BCUT2D eigenvalue weighted by Gasteiger charge is 3.06. The molecule has 0 aliphatic heterocycles. The lowest BCUT2D eigenvalue weighted by Crippen LogP contribution is -2.65. The first-order chi connectivity index (χ1) is 10.7. The zero-order chi connectivity index (χ0) is 20.9. The minimum atomic E-state index is -7.32. The van der Waals surface area contributed by atoms with Crippen LogP contribution in [0.25, 0.3) is 0 Å². The third-order valence-corrected chi connectivity index (χ3v) is 2.91. The third kappa shape index (κ3) is 2.62. The van der Waals surface area contributed by atoms with Gasteiger partial charge in [-0.05, 0) is 11.4 Å². The van der Waals surface area contributed by atoms with Crippen LogP contribution in [0.5, 0.6) is 0 Å². The molecule has 1 saturated carbocycles. The molecule has 0 atom stereocenters. The number of rotatable bonds is 3. The van der Waals surface area contributed by atoms with Gasteiger partial charge in [-0.2, -0.15) is 43.9 Å². The molecule has 0 bridgehead atoms. The molecule has 0 radical (unpaired) electrons. The van der Waals surface area contributed by atoms with E-state index in [1.165, 1.54) is 6.92 Å². The van der Waals surface area contributed by atoms with Crippen LogP contribution in [0.1, 0.15) is 6.92 Å². The van der Waals surface area contributed by atoms with Crippen LogP contribution in [0.3, 0.4) is 0 Å². The van der Waals surface area contributed by atoms with Crippen LogP contribution < -0.4 is 0 Å². The maximum atomic E-state index is 13.1. The Morgan fingerprint density at radius 1 is 0.880 bits per heavy atom. The van der Waals surface area contributed by atoms with E-state index in [1.807, 2.05) is 0 Å². The first-order valence-corrected chi connectivity index (χ1v) is 5.47. The van der Waals surface area contributed by atoms with Crippen molar-refractivity contribution in [1.82, 2.24) is 0 Å². The first kappa shape index (κ1) is 23.3. The summed E-state index contributed by atoms with van der Waals surface area (Å²) in [6.45, 7) is 4.60. The molecule has 0 unspecified atom stereocenters. The van der Waals surface area contributed by atoms with Crippen molar-refractivity contribution in [2.24, 2.45) is 0 Å². The van der Waals surface area contributed by atoms with Crippen molar-refractivity contribution in [3.8, 4) is 0 Å². The fourth-order valence-electron chi connectivity index (χ4n) is 1.44. The fraction of sp³-hybridized carbons (Fsp3) is 0.700. The number of carboxylic acids is 1. The Morgan fingerprint density at radius 2 is 1.12 bits per heavy atom. The lowest BCUT2D eigenvalue weighted by atomic mass is 9.95. The Bertz CT molecular complexity index is 517. The van der Waals surface area contributed by atoms with Crippen LogP contribution in [-0.4, -0.2) is 46.5 Å². The Labute approximate surface area is 129 Å². The minimum Gasteiger partial charge on any atom is -0.478 e. The molecule has 0 aromatic heterocycles. The largest absolute Gasteiger partial charge is 0.478 e. The number of hydrogen-bond acceptors (Lipinski definition) is 2. The van der Waals surface area contributed by atoms with Gasteiger partial charge in [-0.25, -0.2) is 9.18 Å². The van der Waals surface area contributed by atoms with Crippen LogP contribution in [0.4, 0.5) is 52.8 Å². The molecule has 0 amide bonds. The predicted octanol–water partition coefficient (Wildman–Crippen LogP) is 4.39. The van der Waals surface area contributed by atoms with Gasteiger partial charge in [0.2, 0.25) is 0 Å². The second-order valence-corrected chi connectivity index (χ2v) is 4.64. The van der Waals surface area contributed by atoms with Gasteiger partial charge in [0, 0.05) is 5.57 Å². The van der Waals surface area contributed by atoms with Gasteiger partial charge in [0.25, 0.3) is 0 Å². The molecule has 0 heterocycles. The molecular formula is C10H6F12O3. The van der Waals surface area contributed by atoms with Gasteiger partial charge in [0.1, 0.15) is 0 Å². The summed E-state index contributed by atoms with van der Waals surface area (Å²) in [7, 11) is 0. The van der Waals surface area contributed by atoms with E-state index in [2.05, 4.69) is 6.58 Å². The molecule has 3 nitrogen and oxygen atoms in total. The summed E-state index contributed by atoms with van der Waals surface area (Å²) < 4.78 is 149. The highest BCUT2D eigenvalue weighted by molar-refractivity contribution is 5.84. The molecule has 1 aliphatic carbocycles. The van der Waals surface area contributed by atoms with E-state index >= 15 is 0 Å². The molecule has 25 heavy (non-hydrogen) atoms. The van der Waals surface area contributed by atoms with Gasteiger partial charge in [-0.3, -0.25) is 0 Å². The molecule has 1 N–H and O–H groups in total. The molecule has 1 rings (SSSR count). The topological polar surface area (TPSA) is 46.5 Å². The van der Waals surface area contributed by atoms with Crippen LogP contribution in [0, 0.1) is 0 Å². The minimum absolute atomic E-state index is 0.176. The van der Waals surface area contributed by atoms with Crippen molar-refractivity contribution in [2.45, 2.75) is 42.4 Å². The van der Waals surface area contributed by atoms with E-state index in [9.17, 15) is 57.6 Å². The molecule has 0 saturated heterocycles. The summed E-state index contributed by atoms with van der Waals surface area (Å²) in [5, 5.41) is 7.89. The molecular weight excluding hydrogens is 396 g/mol. The van der Waals surface area contributed by atoms with Crippen LogP contribution in [0.2, 0.25) is 0 Å². The van der Waals surface area contributed by atoms with E-state index in [1.54, 1.807) is 0 Å². The van der Waals surface area contributed by atoms with E-state index in [0.29, 0.717) is 0 Å².